The molecule has 1 unspecified atom stereocenters. The van der Waals surface area contributed by atoms with E-state index in [9.17, 15) is 4.39 Å². The van der Waals surface area contributed by atoms with Gasteiger partial charge in [0.15, 0.2) is 0 Å². The second-order valence-electron chi connectivity index (χ2n) is 7.32. The van der Waals surface area contributed by atoms with Gasteiger partial charge in [-0.15, -0.1) is 0 Å². The summed E-state index contributed by atoms with van der Waals surface area (Å²) in [5.41, 5.74) is 2.37. The Balaban J connectivity index is 1.63. The molecule has 2 aromatic rings. The maximum atomic E-state index is 14.3. The molecule has 2 atom stereocenters. The molecule has 0 spiro atoms. The third kappa shape index (κ3) is 4.90. The summed E-state index contributed by atoms with van der Waals surface area (Å²) in [6.07, 6.45) is 2.23. The summed E-state index contributed by atoms with van der Waals surface area (Å²) in [5, 5.41) is 3.50. The van der Waals surface area contributed by atoms with E-state index in [-0.39, 0.29) is 11.9 Å². The zero-order valence-electron chi connectivity index (χ0n) is 17.0. The number of ether oxygens (including phenoxy) is 2. The van der Waals surface area contributed by atoms with E-state index < -0.39 is 0 Å². The minimum Gasteiger partial charge on any atom is -0.481 e. The molecule has 0 saturated carbocycles. The van der Waals surface area contributed by atoms with Gasteiger partial charge in [0.25, 0.3) is 0 Å². The van der Waals surface area contributed by atoms with Gasteiger partial charge in [0, 0.05) is 36.6 Å². The van der Waals surface area contributed by atoms with E-state index in [0.29, 0.717) is 23.4 Å². The van der Waals surface area contributed by atoms with Crippen molar-refractivity contribution in [2.75, 3.05) is 39.2 Å². The molecule has 0 aromatic carbocycles. The minimum atomic E-state index is -0.284. The highest BCUT2D eigenvalue weighted by Crippen LogP contribution is 2.28. The highest BCUT2D eigenvalue weighted by atomic mass is 19.1. The molecule has 152 valence electrons. The predicted molar refractivity (Wildman–Crippen MR) is 107 cm³/mol. The molecular formula is C21H29FN4O2. The Labute approximate surface area is 166 Å². The third-order valence-electron chi connectivity index (χ3n) is 5.28. The molecule has 0 radical (unpaired) electrons. The van der Waals surface area contributed by atoms with Crippen LogP contribution in [0.5, 0.6) is 11.8 Å². The lowest BCUT2D eigenvalue weighted by molar-refractivity contribution is 0.131. The third-order valence-corrected chi connectivity index (χ3v) is 5.28. The number of piperidine rings is 1. The van der Waals surface area contributed by atoms with Gasteiger partial charge in [-0.05, 0) is 51.3 Å². The monoisotopic (exact) mass is 388 g/mol. The standard InChI is InChI=1S/C21H29FN4O2/c1-14-10-17(11-20(24-14)28-4)23-12-16-6-5-9-26(13-16)15(2)21-18(22)7-8-19(25-21)27-3/h7-8,10-11,15-16H,5-6,9,12-13H2,1-4H3,(H,23,24)/t15?,16-/m1/s1. The summed E-state index contributed by atoms with van der Waals surface area (Å²) in [4.78, 5) is 11.0. The average molecular weight is 388 g/mol. The van der Waals surface area contributed by atoms with Crippen LogP contribution in [0.25, 0.3) is 0 Å². The number of hydrogen-bond acceptors (Lipinski definition) is 6. The Kier molecular flexibility index (Phi) is 6.67. The highest BCUT2D eigenvalue weighted by molar-refractivity contribution is 5.47. The number of anilines is 1. The lowest BCUT2D eigenvalue weighted by Crippen LogP contribution is -2.40. The van der Waals surface area contributed by atoms with E-state index in [2.05, 4.69) is 20.2 Å². The molecule has 1 aliphatic heterocycles. The van der Waals surface area contributed by atoms with Gasteiger partial charge in [-0.3, -0.25) is 4.90 Å². The van der Waals surface area contributed by atoms with Crippen LogP contribution >= 0.6 is 0 Å². The number of methoxy groups -OCH3 is 2. The van der Waals surface area contributed by atoms with E-state index in [1.165, 1.54) is 6.07 Å². The van der Waals surface area contributed by atoms with E-state index in [1.54, 1.807) is 20.3 Å². The molecule has 3 rings (SSSR count). The molecule has 7 heteroatoms. The molecule has 1 N–H and O–H groups in total. The predicted octanol–water partition coefficient (Wildman–Crippen LogP) is 3.83. The van der Waals surface area contributed by atoms with Crippen LogP contribution < -0.4 is 14.8 Å². The molecule has 6 nitrogen and oxygen atoms in total. The van der Waals surface area contributed by atoms with Crippen LogP contribution in [0.3, 0.4) is 0 Å². The maximum Gasteiger partial charge on any atom is 0.215 e. The Hall–Kier alpha value is -2.41. The SMILES string of the molecule is COc1cc(NC[C@H]2CCCN(C(C)c3nc(OC)ccc3F)C2)cc(C)n1. The number of hydrogen-bond donors (Lipinski definition) is 1. The fraction of sp³-hybridized carbons (Fsp3) is 0.524. The second kappa shape index (κ2) is 9.19. The molecule has 0 amide bonds. The van der Waals surface area contributed by atoms with Crippen molar-refractivity contribution in [2.45, 2.75) is 32.7 Å². The van der Waals surface area contributed by atoms with Crippen LogP contribution in [0.2, 0.25) is 0 Å². The topological polar surface area (TPSA) is 59.5 Å². The number of halogens is 1. The maximum absolute atomic E-state index is 14.3. The van der Waals surface area contributed by atoms with Crippen molar-refractivity contribution >= 4 is 5.69 Å². The smallest absolute Gasteiger partial charge is 0.215 e. The molecule has 0 bridgehead atoms. The summed E-state index contributed by atoms with van der Waals surface area (Å²) >= 11 is 0. The Morgan fingerprint density at radius 3 is 2.75 bits per heavy atom. The second-order valence-corrected chi connectivity index (χ2v) is 7.32. The molecule has 0 aliphatic carbocycles. The van der Waals surface area contributed by atoms with E-state index >= 15 is 0 Å². The zero-order chi connectivity index (χ0) is 20.1. The van der Waals surface area contributed by atoms with Crippen LogP contribution in [0.4, 0.5) is 10.1 Å². The van der Waals surface area contributed by atoms with Crippen molar-refractivity contribution in [2.24, 2.45) is 5.92 Å². The van der Waals surface area contributed by atoms with Crippen LogP contribution in [0, 0.1) is 18.7 Å². The van der Waals surface area contributed by atoms with Gasteiger partial charge < -0.3 is 14.8 Å². The minimum absolute atomic E-state index is 0.0961. The number of aryl methyl sites for hydroxylation is 1. The molecule has 1 saturated heterocycles. The van der Waals surface area contributed by atoms with Crippen LogP contribution in [-0.2, 0) is 0 Å². The summed E-state index contributed by atoms with van der Waals surface area (Å²) < 4.78 is 24.7. The van der Waals surface area contributed by atoms with Crippen molar-refractivity contribution in [1.29, 1.82) is 0 Å². The average Bonchev–Trinajstić information content (AvgIpc) is 2.72. The van der Waals surface area contributed by atoms with Crippen LogP contribution in [0.1, 0.15) is 37.2 Å². The highest BCUT2D eigenvalue weighted by Gasteiger charge is 2.27. The van der Waals surface area contributed by atoms with E-state index in [4.69, 9.17) is 9.47 Å². The first-order valence-electron chi connectivity index (χ1n) is 9.71. The summed E-state index contributed by atoms with van der Waals surface area (Å²) in [7, 11) is 3.17. The van der Waals surface area contributed by atoms with Gasteiger partial charge in [-0.2, -0.15) is 0 Å². The van der Waals surface area contributed by atoms with Crippen molar-refractivity contribution in [3.63, 3.8) is 0 Å². The number of aromatic nitrogens is 2. The summed E-state index contributed by atoms with van der Waals surface area (Å²) in [6.45, 7) is 6.65. The van der Waals surface area contributed by atoms with Gasteiger partial charge in [0.1, 0.15) is 5.82 Å². The summed E-state index contributed by atoms with van der Waals surface area (Å²) in [6, 6.07) is 6.81. The van der Waals surface area contributed by atoms with E-state index in [1.807, 2.05) is 26.0 Å². The van der Waals surface area contributed by atoms with Gasteiger partial charge in [0.2, 0.25) is 11.8 Å². The molecular weight excluding hydrogens is 359 g/mol. The first-order chi connectivity index (χ1) is 13.5. The fourth-order valence-electron chi connectivity index (χ4n) is 3.74. The number of pyridine rings is 2. The van der Waals surface area contributed by atoms with Crippen molar-refractivity contribution in [3.05, 3.63) is 41.5 Å². The molecule has 28 heavy (non-hydrogen) atoms. The first kappa shape index (κ1) is 20.3. The normalized spacial score (nSPS) is 18.5. The number of rotatable bonds is 7. The quantitative estimate of drug-likeness (QED) is 0.778. The number of likely N-dealkylation sites (tertiary alicyclic amines) is 1. The van der Waals surface area contributed by atoms with Crippen molar-refractivity contribution < 1.29 is 13.9 Å². The molecule has 1 aliphatic rings. The largest absolute Gasteiger partial charge is 0.481 e. The lowest BCUT2D eigenvalue weighted by Gasteiger charge is -2.36. The fourth-order valence-corrected chi connectivity index (χ4v) is 3.74. The van der Waals surface area contributed by atoms with Crippen molar-refractivity contribution in [3.8, 4) is 11.8 Å². The van der Waals surface area contributed by atoms with Crippen molar-refractivity contribution in [1.82, 2.24) is 14.9 Å². The van der Waals surface area contributed by atoms with E-state index in [0.717, 1.165) is 43.9 Å². The number of nitrogens with zero attached hydrogens (tertiary/aromatic N) is 3. The van der Waals surface area contributed by atoms with Crippen LogP contribution in [-0.4, -0.2) is 48.7 Å². The molecule has 1 fully saturated rings. The van der Waals surface area contributed by atoms with Gasteiger partial charge >= 0.3 is 0 Å². The van der Waals surface area contributed by atoms with Gasteiger partial charge in [-0.25, -0.2) is 14.4 Å². The van der Waals surface area contributed by atoms with Gasteiger partial charge in [-0.1, -0.05) is 0 Å². The molecule has 2 aromatic heterocycles. The van der Waals surface area contributed by atoms with Gasteiger partial charge in [0.05, 0.1) is 26.0 Å². The van der Waals surface area contributed by atoms with Crippen LogP contribution in [0.15, 0.2) is 24.3 Å². The molecule has 3 heterocycles. The number of nitrogens with one attached hydrogen (secondary N) is 1. The Morgan fingerprint density at radius 1 is 1.21 bits per heavy atom. The summed E-state index contributed by atoms with van der Waals surface area (Å²) in [5.74, 6) is 1.25. The first-order valence-corrected chi connectivity index (χ1v) is 9.71. The Bertz CT molecular complexity index is 802. The Morgan fingerprint density at radius 2 is 2.00 bits per heavy atom. The lowest BCUT2D eigenvalue weighted by atomic mass is 9.96. The zero-order valence-corrected chi connectivity index (χ0v) is 17.0.